The molecule has 1 aliphatic rings. The van der Waals surface area contributed by atoms with Gasteiger partial charge in [-0.15, -0.1) is 0 Å². The van der Waals surface area contributed by atoms with Crippen LogP contribution in [0.3, 0.4) is 0 Å². The molecule has 0 aliphatic heterocycles. The Bertz CT molecular complexity index is 356. The van der Waals surface area contributed by atoms with Crippen molar-refractivity contribution < 1.29 is 0 Å². The van der Waals surface area contributed by atoms with Crippen molar-refractivity contribution in [2.45, 2.75) is 31.6 Å². The summed E-state index contributed by atoms with van der Waals surface area (Å²) in [6.07, 6.45) is 6.91. The van der Waals surface area contributed by atoms with Crippen LogP contribution in [0.4, 0.5) is 5.69 Å². The minimum absolute atomic E-state index is 0.720. The van der Waals surface area contributed by atoms with Crippen LogP contribution in [0.2, 0.25) is 0 Å². The topological polar surface area (TPSA) is 42.2 Å². The van der Waals surface area contributed by atoms with Gasteiger partial charge < -0.3 is 10.6 Å². The Balaban J connectivity index is 2.04. The van der Waals surface area contributed by atoms with Gasteiger partial charge in [0.2, 0.25) is 0 Å². The van der Waals surface area contributed by atoms with Gasteiger partial charge in [0, 0.05) is 19.2 Å². The lowest BCUT2D eigenvalue weighted by Gasteiger charge is -2.26. The fourth-order valence-corrected chi connectivity index (χ4v) is 2.03. The van der Waals surface area contributed by atoms with Crippen molar-refractivity contribution in [3.63, 3.8) is 0 Å². The van der Waals surface area contributed by atoms with Gasteiger partial charge in [0.1, 0.15) is 0 Å². The van der Waals surface area contributed by atoms with Gasteiger partial charge in [-0.25, -0.2) is 0 Å². The van der Waals surface area contributed by atoms with Crippen LogP contribution < -0.4 is 5.73 Å². The molecule has 0 saturated heterocycles. The molecule has 1 saturated carbocycles. The summed E-state index contributed by atoms with van der Waals surface area (Å²) < 4.78 is 0. The Morgan fingerprint density at radius 3 is 2.69 bits per heavy atom. The third kappa shape index (κ3) is 2.53. The number of nitrogens with zero attached hydrogens (tertiary/aromatic N) is 2. The second-order valence-electron chi connectivity index (χ2n) is 4.99. The van der Waals surface area contributed by atoms with E-state index in [0.717, 1.165) is 30.3 Å². The van der Waals surface area contributed by atoms with E-state index in [1.807, 2.05) is 6.20 Å². The van der Waals surface area contributed by atoms with Crippen LogP contribution in [-0.4, -0.2) is 30.5 Å². The number of pyridine rings is 1. The van der Waals surface area contributed by atoms with Crippen LogP contribution in [0.5, 0.6) is 0 Å². The minimum Gasteiger partial charge on any atom is -0.397 e. The van der Waals surface area contributed by atoms with E-state index in [-0.39, 0.29) is 0 Å². The normalized spacial score (nSPS) is 16.4. The van der Waals surface area contributed by atoms with Crippen molar-refractivity contribution in [3.05, 3.63) is 23.5 Å². The highest BCUT2D eigenvalue weighted by atomic mass is 15.0. The van der Waals surface area contributed by atoms with Crippen molar-refractivity contribution in [1.82, 2.24) is 9.88 Å². The minimum atomic E-state index is 0.720. The Kier molecular flexibility index (Phi) is 3.44. The van der Waals surface area contributed by atoms with E-state index < -0.39 is 0 Å². The lowest BCUT2D eigenvalue weighted by molar-refractivity contribution is 0.410. The number of hydrogen-bond acceptors (Lipinski definition) is 3. The molecular formula is C13H21N3. The Morgan fingerprint density at radius 2 is 2.19 bits per heavy atom. The van der Waals surface area contributed by atoms with Crippen molar-refractivity contribution in [2.75, 3.05) is 26.4 Å². The van der Waals surface area contributed by atoms with Crippen LogP contribution in [0, 0.1) is 0 Å². The summed E-state index contributed by atoms with van der Waals surface area (Å²) in [4.78, 5) is 6.66. The quantitative estimate of drug-likeness (QED) is 0.842. The monoisotopic (exact) mass is 219 g/mol. The first-order valence-corrected chi connectivity index (χ1v) is 6.06. The molecule has 2 N–H and O–H groups in total. The van der Waals surface area contributed by atoms with Crippen LogP contribution in [0.25, 0.3) is 0 Å². The summed E-state index contributed by atoms with van der Waals surface area (Å²) in [5.41, 5.74) is 9.28. The number of likely N-dealkylation sites (N-methyl/N-ethyl adjacent to an activating group) is 1. The average molecular weight is 219 g/mol. The first-order valence-electron chi connectivity index (χ1n) is 6.06. The molecule has 0 unspecified atom stereocenters. The SMILES string of the molecule is CN(C)CCc1ncc(C2CCC2)cc1N. The lowest BCUT2D eigenvalue weighted by Crippen LogP contribution is -2.17. The summed E-state index contributed by atoms with van der Waals surface area (Å²) in [6, 6.07) is 2.13. The first-order chi connectivity index (χ1) is 7.66. The van der Waals surface area contributed by atoms with E-state index in [1.54, 1.807) is 0 Å². The third-order valence-corrected chi connectivity index (χ3v) is 3.40. The summed E-state index contributed by atoms with van der Waals surface area (Å²) in [6.45, 7) is 1.000. The maximum absolute atomic E-state index is 6.04. The Hall–Kier alpha value is -1.09. The third-order valence-electron chi connectivity index (χ3n) is 3.40. The number of anilines is 1. The van der Waals surface area contributed by atoms with Gasteiger partial charge in [-0.05, 0) is 44.5 Å². The van der Waals surface area contributed by atoms with Crippen molar-refractivity contribution in [3.8, 4) is 0 Å². The van der Waals surface area contributed by atoms with Gasteiger partial charge in [0.15, 0.2) is 0 Å². The summed E-state index contributed by atoms with van der Waals surface area (Å²) in [7, 11) is 4.14. The largest absolute Gasteiger partial charge is 0.397 e. The van der Waals surface area contributed by atoms with Crippen LogP contribution in [0.15, 0.2) is 12.3 Å². The molecule has 0 aromatic carbocycles. The number of nitrogens with two attached hydrogens (primary N) is 1. The van der Waals surface area contributed by atoms with Crippen LogP contribution in [-0.2, 0) is 6.42 Å². The molecule has 1 aromatic rings. The standard InChI is InChI=1S/C13H21N3/c1-16(2)7-6-13-12(14)8-11(9-15-13)10-4-3-5-10/h8-10H,3-7,14H2,1-2H3. The predicted molar refractivity (Wildman–Crippen MR) is 67.5 cm³/mol. The zero-order valence-electron chi connectivity index (χ0n) is 10.2. The van der Waals surface area contributed by atoms with Gasteiger partial charge in [-0.2, -0.15) is 0 Å². The molecule has 0 bridgehead atoms. The van der Waals surface area contributed by atoms with E-state index in [2.05, 4.69) is 30.0 Å². The molecule has 1 fully saturated rings. The van der Waals surface area contributed by atoms with Gasteiger partial charge in [-0.1, -0.05) is 6.42 Å². The fourth-order valence-electron chi connectivity index (χ4n) is 2.03. The lowest BCUT2D eigenvalue weighted by atomic mass is 9.80. The number of rotatable bonds is 4. The van der Waals surface area contributed by atoms with E-state index in [1.165, 1.54) is 24.8 Å². The highest BCUT2D eigenvalue weighted by Crippen LogP contribution is 2.36. The molecule has 1 heterocycles. The van der Waals surface area contributed by atoms with Crippen molar-refractivity contribution in [2.24, 2.45) is 0 Å². The summed E-state index contributed by atoms with van der Waals surface area (Å²) in [5.74, 6) is 0.720. The van der Waals surface area contributed by atoms with E-state index in [4.69, 9.17) is 5.73 Å². The number of nitrogen functional groups attached to an aromatic ring is 1. The highest BCUT2D eigenvalue weighted by molar-refractivity contribution is 5.46. The predicted octanol–water partition coefficient (Wildman–Crippen LogP) is 2.04. The van der Waals surface area contributed by atoms with Crippen LogP contribution >= 0.6 is 0 Å². The van der Waals surface area contributed by atoms with E-state index >= 15 is 0 Å². The molecule has 88 valence electrons. The molecule has 0 amide bonds. The summed E-state index contributed by atoms with van der Waals surface area (Å²) in [5, 5.41) is 0. The molecule has 3 nitrogen and oxygen atoms in total. The van der Waals surface area contributed by atoms with Crippen LogP contribution in [0.1, 0.15) is 36.4 Å². The zero-order valence-corrected chi connectivity index (χ0v) is 10.2. The molecule has 2 rings (SSSR count). The maximum Gasteiger partial charge on any atom is 0.0645 e. The first kappa shape index (κ1) is 11.4. The second kappa shape index (κ2) is 4.83. The van der Waals surface area contributed by atoms with Gasteiger partial charge in [-0.3, -0.25) is 4.98 Å². The highest BCUT2D eigenvalue weighted by Gasteiger charge is 2.20. The zero-order chi connectivity index (χ0) is 11.5. The molecular weight excluding hydrogens is 198 g/mol. The maximum atomic E-state index is 6.04. The molecule has 1 aliphatic carbocycles. The van der Waals surface area contributed by atoms with Crippen molar-refractivity contribution in [1.29, 1.82) is 0 Å². The van der Waals surface area contributed by atoms with Gasteiger partial charge in [0.05, 0.1) is 11.4 Å². The van der Waals surface area contributed by atoms with E-state index in [0.29, 0.717) is 0 Å². The molecule has 1 aromatic heterocycles. The molecule has 0 radical (unpaired) electrons. The number of aromatic nitrogens is 1. The Morgan fingerprint density at radius 1 is 1.44 bits per heavy atom. The molecule has 3 heteroatoms. The van der Waals surface area contributed by atoms with Gasteiger partial charge >= 0.3 is 0 Å². The second-order valence-corrected chi connectivity index (χ2v) is 4.99. The summed E-state index contributed by atoms with van der Waals surface area (Å²) >= 11 is 0. The van der Waals surface area contributed by atoms with Gasteiger partial charge in [0.25, 0.3) is 0 Å². The van der Waals surface area contributed by atoms with Crippen molar-refractivity contribution >= 4 is 5.69 Å². The smallest absolute Gasteiger partial charge is 0.0645 e. The van der Waals surface area contributed by atoms with E-state index in [9.17, 15) is 0 Å². The molecule has 0 atom stereocenters. The Labute approximate surface area is 97.7 Å². The molecule has 0 spiro atoms. The average Bonchev–Trinajstić information content (AvgIpc) is 2.13. The number of hydrogen-bond donors (Lipinski definition) is 1. The molecule has 16 heavy (non-hydrogen) atoms. The fraction of sp³-hybridized carbons (Fsp3) is 0.615.